The van der Waals surface area contributed by atoms with Crippen molar-refractivity contribution in [1.29, 1.82) is 0 Å². The largest absolute Gasteiger partial charge is 0.744 e. The third-order valence-electron chi connectivity index (χ3n) is 8.73. The van der Waals surface area contributed by atoms with Crippen LogP contribution in [0.5, 0.6) is 0 Å². The zero-order chi connectivity index (χ0) is 34.0. The van der Waals surface area contributed by atoms with Crippen LogP contribution in [0.3, 0.4) is 0 Å². The molecule has 47 heavy (non-hydrogen) atoms. The van der Waals surface area contributed by atoms with Gasteiger partial charge >= 0.3 is 6.09 Å². The number of nitrogens with one attached hydrogen (secondary N) is 1. The minimum absolute atomic E-state index is 0.0787. The molecule has 0 bridgehead atoms. The van der Waals surface area contributed by atoms with E-state index in [0.29, 0.717) is 19.1 Å². The van der Waals surface area contributed by atoms with Gasteiger partial charge in [0.05, 0.1) is 23.0 Å². The molecule has 2 heterocycles. The molecule has 1 aliphatic heterocycles. The van der Waals surface area contributed by atoms with Crippen LogP contribution >= 0.6 is 11.3 Å². The van der Waals surface area contributed by atoms with Crippen LogP contribution in [0.4, 0.5) is 4.79 Å². The topological polar surface area (TPSA) is 109 Å². The summed E-state index contributed by atoms with van der Waals surface area (Å²) in [7, 11) is -4.27. The van der Waals surface area contributed by atoms with Gasteiger partial charge in [0, 0.05) is 13.0 Å². The molecule has 3 rings (SSSR count). The summed E-state index contributed by atoms with van der Waals surface area (Å²) in [5, 5.41) is 4.96. The smallest absolute Gasteiger partial charge is 0.407 e. The molecule has 8 nitrogen and oxygen atoms in total. The Morgan fingerprint density at radius 3 is 2.09 bits per heavy atom. The molecule has 1 aliphatic rings. The van der Waals surface area contributed by atoms with Gasteiger partial charge in [-0.3, -0.25) is 0 Å². The summed E-state index contributed by atoms with van der Waals surface area (Å²) in [6.07, 6.45) is 27.1. The number of aryl methyl sites for hydroxylation is 2. The van der Waals surface area contributed by atoms with Crippen LogP contribution in [-0.2, 0) is 26.1 Å². The molecule has 268 valence electrons. The zero-order valence-corrected chi connectivity index (χ0v) is 30.8. The lowest BCUT2D eigenvalue weighted by Crippen LogP contribution is -2.30. The molecule has 0 saturated carbocycles. The molecule has 2 aromatic rings. The number of hydrogen-bond donors (Lipinski definition) is 1. The van der Waals surface area contributed by atoms with E-state index in [1.807, 2.05) is 6.92 Å². The maximum Gasteiger partial charge on any atom is 0.407 e. The quantitative estimate of drug-likeness (QED) is 0.0667. The van der Waals surface area contributed by atoms with Crippen LogP contribution in [0.25, 0.3) is 0 Å². The van der Waals surface area contributed by atoms with E-state index < -0.39 is 10.1 Å². The van der Waals surface area contributed by atoms with E-state index in [-0.39, 0.29) is 17.1 Å². The van der Waals surface area contributed by atoms with Gasteiger partial charge < -0.3 is 19.3 Å². The van der Waals surface area contributed by atoms with Crippen LogP contribution < -0.4 is 9.88 Å². The van der Waals surface area contributed by atoms with Gasteiger partial charge in [-0.05, 0) is 50.7 Å². The van der Waals surface area contributed by atoms with Crippen molar-refractivity contribution in [3.63, 3.8) is 0 Å². The molecular formula is C37H62N2O6S2. The van der Waals surface area contributed by atoms with Crippen molar-refractivity contribution in [2.75, 3.05) is 19.8 Å². The highest BCUT2D eigenvalue weighted by Gasteiger charge is 2.26. The molecule has 0 radical (unpaired) electrons. The second-order valence-corrected chi connectivity index (χ2v) is 15.2. The van der Waals surface area contributed by atoms with Gasteiger partial charge in [0.1, 0.15) is 23.3 Å². The average molecular weight is 695 g/mol. The van der Waals surface area contributed by atoms with Gasteiger partial charge in [-0.2, -0.15) is 4.57 Å². The Labute approximate surface area is 289 Å². The van der Waals surface area contributed by atoms with Crippen molar-refractivity contribution in [2.24, 2.45) is 5.92 Å². The minimum Gasteiger partial charge on any atom is -0.744 e. The Balaban J connectivity index is 0.000000587. The standard InChI is InChI=1S/C30H54N2O3S.C7H8O3S/c1-2-3-4-5-6-7-8-9-10-11-12-13-14-16-19-28-24-29(34-25-28)26-35-30(33)31-20-17-15-18-21-32-22-23-36-27-32;1-6-2-4-7(5-3-6)11(8,9)10/h22-23,27-29H,2-21,24-26H2,1H3;2-5H,1H3,(H,8,9,10)/t28-,29+;/m0./s1. The highest BCUT2D eigenvalue weighted by atomic mass is 32.2. The van der Waals surface area contributed by atoms with Gasteiger partial charge in [0.2, 0.25) is 5.51 Å². The molecule has 0 aliphatic carbocycles. The van der Waals surface area contributed by atoms with Gasteiger partial charge in [-0.1, -0.05) is 126 Å². The molecule has 1 N–H and O–H groups in total. The fourth-order valence-electron chi connectivity index (χ4n) is 5.83. The third-order valence-corrected chi connectivity index (χ3v) is 10.3. The number of benzene rings is 1. The molecule has 10 heteroatoms. The Kier molecular flexibility index (Phi) is 22.7. The third kappa shape index (κ3) is 21.6. The second kappa shape index (κ2) is 25.9. The van der Waals surface area contributed by atoms with E-state index in [4.69, 9.17) is 9.47 Å². The van der Waals surface area contributed by atoms with Crippen molar-refractivity contribution >= 4 is 27.5 Å². The molecular weight excluding hydrogens is 633 g/mol. The number of unbranched alkanes of at least 4 members (excludes halogenated alkanes) is 15. The molecule has 1 saturated heterocycles. The number of hydrogen-bond acceptors (Lipinski definition) is 7. The van der Waals surface area contributed by atoms with E-state index in [2.05, 4.69) is 33.9 Å². The molecule has 1 fully saturated rings. The lowest BCUT2D eigenvalue weighted by atomic mass is 9.97. The van der Waals surface area contributed by atoms with Gasteiger partial charge in [0.15, 0.2) is 6.20 Å². The zero-order valence-electron chi connectivity index (χ0n) is 29.2. The number of ether oxygens (including phenoxy) is 2. The first-order chi connectivity index (χ1) is 22.8. The molecule has 1 aromatic carbocycles. The lowest BCUT2D eigenvalue weighted by molar-refractivity contribution is -0.692. The van der Waals surface area contributed by atoms with Crippen molar-refractivity contribution in [3.05, 3.63) is 46.9 Å². The predicted molar refractivity (Wildman–Crippen MR) is 190 cm³/mol. The van der Waals surface area contributed by atoms with Crippen LogP contribution in [0.2, 0.25) is 0 Å². The Morgan fingerprint density at radius 1 is 0.915 bits per heavy atom. The summed E-state index contributed by atoms with van der Waals surface area (Å²) in [4.78, 5) is 11.8. The van der Waals surface area contributed by atoms with Crippen LogP contribution in [0.15, 0.2) is 46.2 Å². The van der Waals surface area contributed by atoms with Gasteiger partial charge in [-0.15, -0.1) is 0 Å². The Hall–Kier alpha value is -2.01. The number of carbonyl (C=O) groups is 1. The molecule has 2 atom stereocenters. The fraction of sp³-hybridized carbons (Fsp3) is 0.730. The normalized spacial score (nSPS) is 16.1. The monoisotopic (exact) mass is 694 g/mol. The highest BCUT2D eigenvalue weighted by molar-refractivity contribution is 7.85. The van der Waals surface area contributed by atoms with Crippen molar-refractivity contribution in [3.8, 4) is 0 Å². The predicted octanol–water partition coefficient (Wildman–Crippen LogP) is 9.11. The Bertz CT molecular complexity index is 1140. The first-order valence-corrected chi connectivity index (χ1v) is 20.6. The number of nitrogens with zero attached hydrogens (tertiary/aromatic N) is 1. The SMILES string of the molecule is CCCCCCCCCCCCCCCC[C@@H]1CO[C@@H](COC(=O)NCCCCC[n+]2ccsc2)C1.Cc1ccc(S(=O)(=O)[O-])cc1. The van der Waals surface area contributed by atoms with Gasteiger partial charge in [-0.25, -0.2) is 13.2 Å². The number of alkyl carbamates (subject to hydrolysis) is 1. The number of thiazole rings is 1. The second-order valence-electron chi connectivity index (χ2n) is 13.1. The van der Waals surface area contributed by atoms with E-state index in [0.717, 1.165) is 44.4 Å². The van der Waals surface area contributed by atoms with Crippen molar-refractivity contribution in [1.82, 2.24) is 5.32 Å². The van der Waals surface area contributed by atoms with Crippen LogP contribution in [0.1, 0.15) is 134 Å². The summed E-state index contributed by atoms with van der Waals surface area (Å²) >= 11 is 1.72. The Morgan fingerprint density at radius 2 is 1.51 bits per heavy atom. The lowest BCUT2D eigenvalue weighted by Gasteiger charge is -2.11. The molecule has 1 amide bonds. The van der Waals surface area contributed by atoms with E-state index >= 15 is 0 Å². The highest BCUT2D eigenvalue weighted by Crippen LogP contribution is 2.25. The molecule has 1 aromatic heterocycles. The van der Waals surface area contributed by atoms with E-state index in [1.54, 1.807) is 23.5 Å². The van der Waals surface area contributed by atoms with Gasteiger partial charge in [0.25, 0.3) is 0 Å². The molecule has 0 unspecified atom stereocenters. The maximum atomic E-state index is 11.9. The van der Waals surface area contributed by atoms with Crippen LogP contribution in [0, 0.1) is 12.8 Å². The number of carbonyl (C=O) groups excluding carboxylic acids is 1. The van der Waals surface area contributed by atoms with E-state index in [1.165, 1.54) is 108 Å². The summed E-state index contributed by atoms with van der Waals surface area (Å²) in [6, 6.07) is 5.78. The molecule has 0 spiro atoms. The number of amides is 1. The summed E-state index contributed by atoms with van der Waals surface area (Å²) in [6.45, 7) is 7.05. The van der Waals surface area contributed by atoms with Crippen molar-refractivity contribution in [2.45, 2.75) is 153 Å². The first-order valence-electron chi connectivity index (χ1n) is 18.2. The van der Waals surface area contributed by atoms with Crippen molar-refractivity contribution < 1.29 is 31.8 Å². The summed E-state index contributed by atoms with van der Waals surface area (Å²) in [5.41, 5.74) is 3.06. The average Bonchev–Trinajstić information content (AvgIpc) is 3.74. The summed E-state index contributed by atoms with van der Waals surface area (Å²) in [5.74, 6) is 0.639. The summed E-state index contributed by atoms with van der Waals surface area (Å²) < 4.78 is 44.6. The first kappa shape index (κ1) is 41.2. The fourth-order valence-corrected chi connectivity index (χ4v) is 6.92. The van der Waals surface area contributed by atoms with E-state index in [9.17, 15) is 17.8 Å². The number of aromatic nitrogens is 1. The maximum absolute atomic E-state index is 11.9. The number of rotatable bonds is 24. The van der Waals surface area contributed by atoms with Crippen LogP contribution in [-0.4, -0.2) is 44.9 Å². The minimum atomic E-state index is -4.27.